The third-order valence-electron chi connectivity index (χ3n) is 7.06. The Morgan fingerprint density at radius 3 is 2.57 bits per heavy atom. The van der Waals surface area contributed by atoms with Gasteiger partial charge in [-0.1, -0.05) is 30.3 Å². The van der Waals surface area contributed by atoms with Crippen LogP contribution in [0.25, 0.3) is 21.7 Å². The zero-order valence-electron chi connectivity index (χ0n) is 19.5. The predicted octanol–water partition coefficient (Wildman–Crippen LogP) is 2.69. The molecule has 0 amide bonds. The van der Waals surface area contributed by atoms with E-state index in [0.29, 0.717) is 30.4 Å². The van der Waals surface area contributed by atoms with Crippen molar-refractivity contribution in [3.63, 3.8) is 0 Å². The van der Waals surface area contributed by atoms with Crippen molar-refractivity contribution in [2.45, 2.75) is 25.0 Å². The van der Waals surface area contributed by atoms with Gasteiger partial charge in [0.2, 0.25) is 0 Å². The average molecular weight is 473 g/mol. The summed E-state index contributed by atoms with van der Waals surface area (Å²) in [4.78, 5) is 25.2. The van der Waals surface area contributed by atoms with Crippen molar-refractivity contribution in [3.8, 4) is 0 Å². The van der Waals surface area contributed by atoms with Crippen molar-refractivity contribution in [2.24, 2.45) is 0 Å². The van der Waals surface area contributed by atoms with Gasteiger partial charge in [-0.2, -0.15) is 0 Å². The Labute approximate surface area is 202 Å². The molecule has 2 aliphatic rings. The predicted molar refractivity (Wildman–Crippen MR) is 134 cm³/mol. The van der Waals surface area contributed by atoms with Crippen LogP contribution in [0.2, 0.25) is 0 Å². The number of pyridine rings is 1. The molecule has 1 N–H and O–H groups in total. The summed E-state index contributed by atoms with van der Waals surface area (Å²) >= 11 is 0. The molecule has 180 valence electrons. The lowest BCUT2D eigenvalue weighted by atomic mass is 9.96. The largest absolute Gasteiger partial charge is 0.389 e. The standard InChI is InChI=1S/C27H28N4O4/c32-24-16-35-10-7-23(24)31-17-29-26-21-4-2-1-3-20(21)19(14-22(26)27(31)33)13-18-5-6-25(28-15-18)30-8-11-34-12-9-30/h1-6,14-15,17,23-24,32H,7-13,16H2. The number of nitrogens with zero attached hydrogens (tertiary/aromatic N) is 4. The maximum absolute atomic E-state index is 13.6. The van der Waals surface area contributed by atoms with Crippen molar-refractivity contribution in [1.82, 2.24) is 14.5 Å². The highest BCUT2D eigenvalue weighted by Crippen LogP contribution is 2.29. The second-order valence-electron chi connectivity index (χ2n) is 9.23. The Bertz CT molecular complexity index is 1410. The van der Waals surface area contributed by atoms with E-state index in [9.17, 15) is 9.90 Å². The lowest BCUT2D eigenvalue weighted by molar-refractivity contribution is -0.0395. The number of hydrogen-bond acceptors (Lipinski definition) is 7. The minimum atomic E-state index is -0.725. The Balaban J connectivity index is 1.40. The SMILES string of the molecule is O=c1c2cc(Cc3ccc(N4CCOCC4)nc3)c3ccccc3c2ncn1C1CCOCC1O. The van der Waals surface area contributed by atoms with Crippen LogP contribution in [-0.4, -0.2) is 65.3 Å². The minimum Gasteiger partial charge on any atom is -0.389 e. The third-order valence-corrected chi connectivity index (χ3v) is 7.06. The molecule has 0 aliphatic carbocycles. The van der Waals surface area contributed by atoms with Crippen LogP contribution < -0.4 is 10.5 Å². The van der Waals surface area contributed by atoms with Crippen molar-refractivity contribution >= 4 is 27.5 Å². The molecule has 0 radical (unpaired) electrons. The number of morpholine rings is 1. The molecule has 2 atom stereocenters. The van der Waals surface area contributed by atoms with Crippen molar-refractivity contribution in [1.29, 1.82) is 0 Å². The number of aliphatic hydroxyl groups is 1. The van der Waals surface area contributed by atoms with E-state index in [-0.39, 0.29) is 18.2 Å². The first-order valence-electron chi connectivity index (χ1n) is 12.1. The molecule has 2 aromatic heterocycles. The summed E-state index contributed by atoms with van der Waals surface area (Å²) in [6.07, 6.45) is 4.00. The first-order valence-corrected chi connectivity index (χ1v) is 12.1. The van der Waals surface area contributed by atoms with E-state index < -0.39 is 6.10 Å². The Morgan fingerprint density at radius 2 is 1.80 bits per heavy atom. The van der Waals surface area contributed by atoms with Crippen LogP contribution in [0.1, 0.15) is 23.6 Å². The van der Waals surface area contributed by atoms with Gasteiger partial charge in [0, 0.05) is 31.3 Å². The minimum absolute atomic E-state index is 0.131. The topological polar surface area (TPSA) is 89.7 Å². The van der Waals surface area contributed by atoms with E-state index in [0.717, 1.165) is 54.0 Å². The molecular weight excluding hydrogens is 444 g/mol. The molecule has 2 fully saturated rings. The van der Waals surface area contributed by atoms with E-state index in [4.69, 9.17) is 14.5 Å². The summed E-state index contributed by atoms with van der Waals surface area (Å²) < 4.78 is 12.4. The smallest absolute Gasteiger partial charge is 0.261 e. The summed E-state index contributed by atoms with van der Waals surface area (Å²) in [6.45, 7) is 3.89. The van der Waals surface area contributed by atoms with Crippen LogP contribution >= 0.6 is 0 Å². The van der Waals surface area contributed by atoms with E-state index in [2.05, 4.69) is 28.1 Å². The van der Waals surface area contributed by atoms with Crippen LogP contribution in [0.3, 0.4) is 0 Å². The highest BCUT2D eigenvalue weighted by Gasteiger charge is 2.27. The molecule has 2 unspecified atom stereocenters. The van der Waals surface area contributed by atoms with Gasteiger partial charge in [0.15, 0.2) is 0 Å². The molecule has 35 heavy (non-hydrogen) atoms. The fourth-order valence-corrected chi connectivity index (χ4v) is 5.19. The van der Waals surface area contributed by atoms with E-state index in [1.54, 1.807) is 10.9 Å². The Morgan fingerprint density at radius 1 is 0.971 bits per heavy atom. The number of rotatable bonds is 4. The zero-order valence-corrected chi connectivity index (χ0v) is 19.5. The van der Waals surface area contributed by atoms with Gasteiger partial charge >= 0.3 is 0 Å². The Hall–Kier alpha value is -3.33. The lowest BCUT2D eigenvalue weighted by Crippen LogP contribution is -2.39. The van der Waals surface area contributed by atoms with Gasteiger partial charge in [-0.05, 0) is 41.5 Å². The summed E-state index contributed by atoms with van der Waals surface area (Å²) in [5.74, 6) is 0.961. The maximum Gasteiger partial charge on any atom is 0.261 e. The fourth-order valence-electron chi connectivity index (χ4n) is 5.19. The van der Waals surface area contributed by atoms with E-state index in [1.807, 2.05) is 30.5 Å². The van der Waals surface area contributed by atoms with Crippen LogP contribution in [0.5, 0.6) is 0 Å². The van der Waals surface area contributed by atoms with E-state index >= 15 is 0 Å². The maximum atomic E-state index is 13.6. The van der Waals surface area contributed by atoms with Gasteiger partial charge in [0.25, 0.3) is 5.56 Å². The van der Waals surface area contributed by atoms with Crippen molar-refractivity contribution in [2.75, 3.05) is 44.4 Å². The summed E-state index contributed by atoms with van der Waals surface area (Å²) in [6, 6.07) is 13.9. The normalized spacial score (nSPS) is 21.0. The van der Waals surface area contributed by atoms with Crippen LogP contribution in [0.15, 0.2) is 59.8 Å². The summed E-state index contributed by atoms with van der Waals surface area (Å²) in [7, 11) is 0. The van der Waals surface area contributed by atoms with Crippen LogP contribution in [0.4, 0.5) is 5.82 Å². The summed E-state index contributed by atoms with van der Waals surface area (Å²) in [5.41, 5.74) is 2.69. The van der Waals surface area contributed by atoms with Gasteiger partial charge in [-0.3, -0.25) is 9.36 Å². The number of benzene rings is 2. The number of aliphatic hydroxyl groups excluding tert-OH is 1. The molecule has 2 aliphatic heterocycles. The number of ether oxygens (including phenoxy) is 2. The molecular formula is C27H28N4O4. The van der Waals surface area contributed by atoms with Gasteiger partial charge in [-0.25, -0.2) is 9.97 Å². The highest BCUT2D eigenvalue weighted by molar-refractivity contribution is 6.06. The van der Waals surface area contributed by atoms with Crippen molar-refractivity contribution < 1.29 is 14.6 Å². The van der Waals surface area contributed by atoms with Crippen molar-refractivity contribution in [3.05, 3.63) is 76.5 Å². The Kier molecular flexibility index (Phi) is 5.93. The molecule has 2 aromatic carbocycles. The molecule has 0 saturated carbocycles. The second kappa shape index (κ2) is 9.37. The van der Waals surface area contributed by atoms with Gasteiger partial charge in [0.05, 0.1) is 49.2 Å². The molecule has 8 heteroatoms. The third kappa shape index (κ3) is 4.18. The first kappa shape index (κ1) is 22.2. The second-order valence-corrected chi connectivity index (χ2v) is 9.23. The molecule has 4 heterocycles. The lowest BCUT2D eigenvalue weighted by Gasteiger charge is -2.29. The fraction of sp³-hybridized carbons (Fsp3) is 0.370. The molecule has 0 bridgehead atoms. The van der Waals surface area contributed by atoms with Gasteiger partial charge < -0.3 is 19.5 Å². The summed E-state index contributed by atoms with van der Waals surface area (Å²) in [5, 5.41) is 13.0. The van der Waals surface area contributed by atoms with Crippen LogP contribution in [0, 0.1) is 0 Å². The zero-order chi connectivity index (χ0) is 23.8. The average Bonchev–Trinajstić information content (AvgIpc) is 2.91. The quantitative estimate of drug-likeness (QED) is 0.457. The number of fused-ring (bicyclic) bond motifs is 3. The van der Waals surface area contributed by atoms with Crippen LogP contribution in [-0.2, 0) is 15.9 Å². The molecule has 0 spiro atoms. The monoisotopic (exact) mass is 472 g/mol. The van der Waals surface area contributed by atoms with E-state index in [1.165, 1.54) is 0 Å². The van der Waals surface area contributed by atoms with Gasteiger partial charge in [-0.15, -0.1) is 0 Å². The van der Waals surface area contributed by atoms with Gasteiger partial charge in [0.1, 0.15) is 5.82 Å². The molecule has 6 rings (SSSR count). The number of hydrogen-bond donors (Lipinski definition) is 1. The molecule has 4 aromatic rings. The highest BCUT2D eigenvalue weighted by atomic mass is 16.5. The number of aromatic nitrogens is 3. The first-order chi connectivity index (χ1) is 17.2. The molecule has 2 saturated heterocycles. The molecule has 8 nitrogen and oxygen atoms in total. The number of anilines is 1.